The summed E-state index contributed by atoms with van der Waals surface area (Å²) in [5, 5.41) is 28.8. The topological polar surface area (TPSA) is 90.6 Å². The number of nitrogens with one attached hydrogen (secondary N) is 1. The normalized spacial score (nSPS) is 39.5. The number of allylic oxidation sites excluding steroid dienone is 5. The first-order chi connectivity index (χ1) is 16.0. The van der Waals surface area contributed by atoms with Crippen molar-refractivity contribution in [3.63, 3.8) is 0 Å². The molecule has 0 aromatic carbocycles. The van der Waals surface area contributed by atoms with E-state index in [1.165, 1.54) is 5.57 Å². The Bertz CT molecular complexity index is 948. The molecule has 0 radical (unpaired) electrons. The first-order valence-corrected chi connectivity index (χ1v) is 12.8. The van der Waals surface area contributed by atoms with E-state index in [2.05, 4.69) is 33.1 Å². The van der Waals surface area contributed by atoms with Gasteiger partial charge in [-0.1, -0.05) is 51.2 Å². The Hall–Kier alpha value is -1.98. The molecule has 0 amide bonds. The first-order valence-electron chi connectivity index (χ1n) is 12.8. The van der Waals surface area contributed by atoms with E-state index in [0.717, 1.165) is 37.7 Å². The van der Waals surface area contributed by atoms with Gasteiger partial charge in [0.15, 0.2) is 5.78 Å². The number of ether oxygens (including phenoxy) is 1. The van der Waals surface area contributed by atoms with Crippen LogP contribution in [0.25, 0.3) is 0 Å². The van der Waals surface area contributed by atoms with Crippen LogP contribution in [0.1, 0.15) is 59.3 Å². The van der Waals surface area contributed by atoms with Gasteiger partial charge in [-0.05, 0) is 73.8 Å². The zero-order chi connectivity index (χ0) is 24.8. The molecule has 4 aliphatic carbocycles. The molecule has 3 saturated carbocycles. The van der Waals surface area contributed by atoms with Crippen molar-refractivity contribution in [1.29, 1.82) is 5.41 Å². The summed E-state index contributed by atoms with van der Waals surface area (Å²) < 4.78 is 5.24. The SMILES string of the molecule is C=C(O)COCC(=O)C(C)CC(=C)C1CCC2C3CCC4=CC(=N)C=CC4(C)C3C(O)CC12C. The molecular weight excluding hydrogens is 426 g/mol. The van der Waals surface area contributed by atoms with E-state index in [9.17, 15) is 9.90 Å². The Morgan fingerprint density at radius 1 is 1.26 bits per heavy atom. The lowest BCUT2D eigenvalue weighted by Gasteiger charge is -2.59. The smallest absolute Gasteiger partial charge is 0.161 e. The average Bonchev–Trinajstić information content (AvgIpc) is 3.10. The van der Waals surface area contributed by atoms with Gasteiger partial charge in [0.05, 0.1) is 11.8 Å². The molecule has 34 heavy (non-hydrogen) atoms. The molecule has 8 atom stereocenters. The zero-order valence-corrected chi connectivity index (χ0v) is 21.0. The molecule has 0 aliphatic heterocycles. The summed E-state index contributed by atoms with van der Waals surface area (Å²) in [5.41, 5.74) is 2.82. The fourth-order valence-corrected chi connectivity index (χ4v) is 8.08. The molecular formula is C29H41NO4. The maximum absolute atomic E-state index is 12.5. The van der Waals surface area contributed by atoms with Gasteiger partial charge in [-0.25, -0.2) is 0 Å². The highest BCUT2D eigenvalue weighted by atomic mass is 16.5. The molecule has 8 unspecified atom stereocenters. The minimum Gasteiger partial charge on any atom is -0.510 e. The maximum Gasteiger partial charge on any atom is 0.161 e. The minimum absolute atomic E-state index is 0.00572. The van der Waals surface area contributed by atoms with Crippen molar-refractivity contribution in [2.45, 2.75) is 65.4 Å². The number of carbonyl (C=O) groups is 1. The Balaban J connectivity index is 1.47. The summed E-state index contributed by atoms with van der Waals surface area (Å²) in [6.45, 7) is 14.3. The predicted molar refractivity (Wildman–Crippen MR) is 135 cm³/mol. The lowest BCUT2D eigenvalue weighted by molar-refractivity contribution is -0.127. The second-order valence-corrected chi connectivity index (χ2v) is 11.8. The Morgan fingerprint density at radius 2 is 2.00 bits per heavy atom. The number of hydrogen-bond donors (Lipinski definition) is 3. The van der Waals surface area contributed by atoms with Crippen LogP contribution in [-0.2, 0) is 9.53 Å². The van der Waals surface area contributed by atoms with Crippen molar-refractivity contribution in [3.8, 4) is 0 Å². The number of aliphatic hydroxyl groups excluding tert-OH is 2. The van der Waals surface area contributed by atoms with Crippen LogP contribution in [0.4, 0.5) is 0 Å². The molecule has 4 rings (SSSR count). The standard InChI is InChI=1S/C29H41NO4/c1-17(12-18(2)26(33)16-34-15-19(3)31)23-8-9-24-22-7-6-20-13-21(30)10-11-28(20,4)27(22)25(32)14-29(23,24)5/h10-11,13,18,22-25,27,30-32H,1,3,6-9,12,14-16H2,2,4-5H3. The largest absolute Gasteiger partial charge is 0.510 e. The highest BCUT2D eigenvalue weighted by molar-refractivity contribution is 6.03. The molecule has 0 aromatic heterocycles. The van der Waals surface area contributed by atoms with E-state index >= 15 is 0 Å². The monoisotopic (exact) mass is 467 g/mol. The summed E-state index contributed by atoms with van der Waals surface area (Å²) in [6.07, 6.45) is 11.4. The highest BCUT2D eigenvalue weighted by Crippen LogP contribution is 2.67. The molecule has 0 bridgehead atoms. The molecule has 4 aliphatic rings. The van der Waals surface area contributed by atoms with Crippen molar-refractivity contribution in [2.24, 2.45) is 40.4 Å². The van der Waals surface area contributed by atoms with E-state index in [4.69, 9.17) is 15.3 Å². The predicted octanol–water partition coefficient (Wildman–Crippen LogP) is 5.57. The van der Waals surface area contributed by atoms with Gasteiger partial charge in [-0.2, -0.15) is 0 Å². The third-order valence-electron chi connectivity index (χ3n) is 9.65. The third-order valence-corrected chi connectivity index (χ3v) is 9.65. The van der Waals surface area contributed by atoms with E-state index < -0.39 is 0 Å². The number of hydrogen-bond acceptors (Lipinski definition) is 5. The van der Waals surface area contributed by atoms with E-state index in [1.54, 1.807) is 0 Å². The molecule has 0 heterocycles. The molecule has 0 saturated heterocycles. The second kappa shape index (κ2) is 9.23. The first kappa shape index (κ1) is 25.1. The van der Waals surface area contributed by atoms with Gasteiger partial charge in [0.1, 0.15) is 19.0 Å². The van der Waals surface area contributed by atoms with Gasteiger partial charge in [-0.3, -0.25) is 4.79 Å². The van der Waals surface area contributed by atoms with Gasteiger partial charge in [0.25, 0.3) is 0 Å². The molecule has 3 fully saturated rings. The van der Waals surface area contributed by atoms with Crippen LogP contribution in [0.15, 0.2) is 48.3 Å². The third kappa shape index (κ3) is 4.26. The van der Waals surface area contributed by atoms with Gasteiger partial charge >= 0.3 is 0 Å². The van der Waals surface area contributed by atoms with Crippen LogP contribution in [-0.4, -0.2) is 41.0 Å². The summed E-state index contributed by atoms with van der Waals surface area (Å²) >= 11 is 0. The molecule has 5 nitrogen and oxygen atoms in total. The van der Waals surface area contributed by atoms with Gasteiger partial charge < -0.3 is 20.4 Å². The number of ketones is 1. The zero-order valence-electron chi connectivity index (χ0n) is 21.0. The molecule has 3 N–H and O–H groups in total. The summed E-state index contributed by atoms with van der Waals surface area (Å²) in [5.74, 6) is 1.25. The summed E-state index contributed by atoms with van der Waals surface area (Å²) in [7, 11) is 0. The van der Waals surface area contributed by atoms with Crippen LogP contribution in [0, 0.1) is 45.8 Å². The van der Waals surface area contributed by atoms with Gasteiger partial charge in [-0.15, -0.1) is 0 Å². The molecule has 0 spiro atoms. The van der Waals surface area contributed by atoms with Crippen LogP contribution >= 0.6 is 0 Å². The number of aliphatic hydroxyl groups is 2. The Morgan fingerprint density at radius 3 is 2.71 bits per heavy atom. The molecule has 186 valence electrons. The Kier molecular flexibility index (Phi) is 6.82. The van der Waals surface area contributed by atoms with Crippen molar-refractivity contribution >= 4 is 11.5 Å². The van der Waals surface area contributed by atoms with Crippen molar-refractivity contribution in [1.82, 2.24) is 0 Å². The minimum atomic E-state index is -0.385. The lowest BCUT2D eigenvalue weighted by atomic mass is 9.46. The summed E-state index contributed by atoms with van der Waals surface area (Å²) in [4.78, 5) is 12.5. The van der Waals surface area contributed by atoms with Crippen LogP contribution in [0.3, 0.4) is 0 Å². The maximum atomic E-state index is 12.5. The van der Waals surface area contributed by atoms with Crippen molar-refractivity contribution in [3.05, 3.63) is 48.3 Å². The number of rotatable bonds is 8. The van der Waals surface area contributed by atoms with Crippen LogP contribution < -0.4 is 0 Å². The number of fused-ring (bicyclic) bond motifs is 5. The highest BCUT2D eigenvalue weighted by Gasteiger charge is 2.61. The van der Waals surface area contributed by atoms with E-state index in [0.29, 0.717) is 29.9 Å². The lowest BCUT2D eigenvalue weighted by Crippen LogP contribution is -2.56. The van der Waals surface area contributed by atoms with E-state index in [1.807, 2.05) is 19.1 Å². The van der Waals surface area contributed by atoms with Gasteiger partial charge in [0, 0.05) is 17.3 Å². The van der Waals surface area contributed by atoms with E-state index in [-0.39, 0.29) is 53.5 Å². The van der Waals surface area contributed by atoms with Crippen molar-refractivity contribution < 1.29 is 19.7 Å². The second-order valence-electron chi connectivity index (χ2n) is 11.8. The Labute approximate surface area is 204 Å². The molecule has 5 heteroatoms. The number of carbonyl (C=O) groups excluding carboxylic acids is 1. The fourth-order valence-electron chi connectivity index (χ4n) is 8.08. The fraction of sp³-hybridized carbons (Fsp3) is 0.655. The van der Waals surface area contributed by atoms with Crippen LogP contribution in [0.2, 0.25) is 0 Å². The average molecular weight is 468 g/mol. The van der Waals surface area contributed by atoms with Gasteiger partial charge in [0.2, 0.25) is 0 Å². The molecule has 0 aromatic rings. The quantitative estimate of drug-likeness (QED) is 0.321. The number of Topliss-reactive ketones (excluding diaryl/α,β-unsaturated/α-hetero) is 1. The van der Waals surface area contributed by atoms with Crippen molar-refractivity contribution in [2.75, 3.05) is 13.2 Å². The summed E-state index contributed by atoms with van der Waals surface area (Å²) in [6, 6.07) is 0. The van der Waals surface area contributed by atoms with Crippen LogP contribution in [0.5, 0.6) is 0 Å².